The van der Waals surface area contributed by atoms with Gasteiger partial charge in [-0.05, 0) is 44.0 Å². The Bertz CT molecular complexity index is 838. The van der Waals surface area contributed by atoms with Crippen molar-refractivity contribution < 1.29 is 14.1 Å². The van der Waals surface area contributed by atoms with Gasteiger partial charge in [0, 0.05) is 33.7 Å². The van der Waals surface area contributed by atoms with Gasteiger partial charge in [0.1, 0.15) is 5.82 Å². The minimum atomic E-state index is -0.462. The molecule has 1 aliphatic rings. The Kier molecular flexibility index (Phi) is 6.01. The molecule has 5 nitrogen and oxygen atoms in total. The number of halogens is 2. The third-order valence-corrected chi connectivity index (χ3v) is 5.82. The SMILES string of the molecule is CC(Sc1ccc([N+](=O)[O-])cc1)C(=O)N(Cc1c(F)cccc1Cl)C1CC1. The summed E-state index contributed by atoms with van der Waals surface area (Å²) in [4.78, 5) is 25.7. The van der Waals surface area contributed by atoms with Gasteiger partial charge >= 0.3 is 0 Å². The molecule has 1 fully saturated rings. The van der Waals surface area contributed by atoms with E-state index in [1.54, 1.807) is 30.0 Å². The van der Waals surface area contributed by atoms with E-state index in [0.717, 1.165) is 17.7 Å². The van der Waals surface area contributed by atoms with E-state index in [-0.39, 0.29) is 24.2 Å². The van der Waals surface area contributed by atoms with E-state index >= 15 is 0 Å². The predicted octanol–water partition coefficient (Wildman–Crippen LogP) is 5.06. The molecule has 3 rings (SSSR count). The van der Waals surface area contributed by atoms with Crippen LogP contribution < -0.4 is 0 Å². The number of nitro groups is 1. The largest absolute Gasteiger partial charge is 0.334 e. The fraction of sp³-hybridized carbons (Fsp3) is 0.316. The molecule has 2 aromatic carbocycles. The maximum Gasteiger partial charge on any atom is 0.269 e. The number of rotatable bonds is 7. The Balaban J connectivity index is 1.72. The number of carbonyl (C=O) groups excluding carboxylic acids is 1. The molecule has 0 heterocycles. The number of nitro benzene ring substituents is 1. The molecule has 0 radical (unpaired) electrons. The van der Waals surface area contributed by atoms with Crippen molar-refractivity contribution in [1.29, 1.82) is 0 Å². The molecule has 1 aliphatic carbocycles. The van der Waals surface area contributed by atoms with Crippen molar-refractivity contribution in [2.24, 2.45) is 0 Å². The van der Waals surface area contributed by atoms with Crippen LogP contribution in [0.5, 0.6) is 0 Å². The summed E-state index contributed by atoms with van der Waals surface area (Å²) >= 11 is 7.44. The standard InChI is InChI=1S/C19H18ClFN2O3S/c1-12(27-15-9-7-14(8-10-15)23(25)26)19(24)22(13-5-6-13)11-16-17(20)3-2-4-18(16)21/h2-4,7-10,12-13H,5-6,11H2,1H3. The maximum absolute atomic E-state index is 14.1. The molecule has 0 aromatic heterocycles. The van der Waals surface area contributed by atoms with Crippen LogP contribution >= 0.6 is 23.4 Å². The van der Waals surface area contributed by atoms with Gasteiger partial charge in [-0.3, -0.25) is 14.9 Å². The van der Waals surface area contributed by atoms with E-state index in [2.05, 4.69) is 0 Å². The lowest BCUT2D eigenvalue weighted by Gasteiger charge is -2.26. The van der Waals surface area contributed by atoms with Gasteiger partial charge in [0.2, 0.25) is 5.91 Å². The number of hydrogen-bond donors (Lipinski definition) is 0. The van der Waals surface area contributed by atoms with E-state index in [1.807, 2.05) is 0 Å². The molecular formula is C19H18ClFN2O3S. The Morgan fingerprint density at radius 2 is 2.00 bits per heavy atom. The Hall–Kier alpha value is -2.12. The quantitative estimate of drug-likeness (QED) is 0.365. The molecule has 1 unspecified atom stereocenters. The van der Waals surface area contributed by atoms with Crippen LogP contribution in [0.2, 0.25) is 5.02 Å². The topological polar surface area (TPSA) is 63.5 Å². The second-order valence-corrected chi connectivity index (χ2v) is 8.23. The molecule has 1 amide bonds. The minimum absolute atomic E-state index is 0.00660. The number of amides is 1. The fourth-order valence-corrected chi connectivity index (χ4v) is 3.92. The van der Waals surface area contributed by atoms with Crippen molar-refractivity contribution in [3.8, 4) is 0 Å². The first kappa shape index (κ1) is 19.6. The number of non-ortho nitro benzene ring substituents is 1. The van der Waals surface area contributed by atoms with Crippen molar-refractivity contribution in [2.75, 3.05) is 0 Å². The van der Waals surface area contributed by atoms with Gasteiger partial charge in [0.05, 0.1) is 16.7 Å². The summed E-state index contributed by atoms with van der Waals surface area (Å²) in [5.74, 6) is -0.517. The zero-order valence-electron chi connectivity index (χ0n) is 14.6. The van der Waals surface area contributed by atoms with Gasteiger partial charge in [-0.15, -0.1) is 11.8 Å². The predicted molar refractivity (Wildman–Crippen MR) is 103 cm³/mol. The zero-order valence-corrected chi connectivity index (χ0v) is 16.2. The molecule has 1 atom stereocenters. The Morgan fingerprint density at radius 3 is 2.56 bits per heavy atom. The van der Waals surface area contributed by atoms with Crippen LogP contribution in [0.25, 0.3) is 0 Å². The summed E-state index contributed by atoms with van der Waals surface area (Å²) in [5.41, 5.74) is 0.332. The van der Waals surface area contributed by atoms with Crippen LogP contribution in [0.3, 0.4) is 0 Å². The lowest BCUT2D eigenvalue weighted by atomic mass is 10.2. The molecule has 27 heavy (non-hydrogen) atoms. The first-order valence-corrected chi connectivity index (χ1v) is 9.77. The first-order chi connectivity index (χ1) is 12.9. The Morgan fingerprint density at radius 1 is 1.33 bits per heavy atom. The highest BCUT2D eigenvalue weighted by Gasteiger charge is 2.35. The van der Waals surface area contributed by atoms with Gasteiger partial charge in [-0.2, -0.15) is 0 Å². The molecule has 1 saturated carbocycles. The van der Waals surface area contributed by atoms with Crippen LogP contribution in [-0.4, -0.2) is 27.0 Å². The third kappa shape index (κ3) is 4.78. The monoisotopic (exact) mass is 408 g/mol. The highest BCUT2D eigenvalue weighted by Crippen LogP contribution is 2.34. The lowest BCUT2D eigenvalue weighted by molar-refractivity contribution is -0.384. The van der Waals surface area contributed by atoms with Gasteiger partial charge in [0.25, 0.3) is 5.69 Å². The second-order valence-electron chi connectivity index (χ2n) is 6.41. The number of thioether (sulfide) groups is 1. The molecule has 8 heteroatoms. The highest BCUT2D eigenvalue weighted by molar-refractivity contribution is 8.00. The molecule has 0 saturated heterocycles. The van der Waals surface area contributed by atoms with Crippen LogP contribution in [-0.2, 0) is 11.3 Å². The van der Waals surface area contributed by atoms with E-state index in [4.69, 9.17) is 11.6 Å². The average molecular weight is 409 g/mol. The number of nitrogens with zero attached hydrogens (tertiary/aromatic N) is 2. The number of hydrogen-bond acceptors (Lipinski definition) is 4. The van der Waals surface area contributed by atoms with Gasteiger partial charge < -0.3 is 4.90 Å². The van der Waals surface area contributed by atoms with Gasteiger partial charge in [-0.25, -0.2) is 4.39 Å². The van der Waals surface area contributed by atoms with E-state index < -0.39 is 16.0 Å². The molecule has 0 spiro atoms. The van der Waals surface area contributed by atoms with Gasteiger partial charge in [-0.1, -0.05) is 17.7 Å². The summed E-state index contributed by atoms with van der Waals surface area (Å²) in [6.45, 7) is 1.92. The van der Waals surface area contributed by atoms with Crippen LogP contribution in [0, 0.1) is 15.9 Å². The van der Waals surface area contributed by atoms with Crippen LogP contribution in [0.4, 0.5) is 10.1 Å². The van der Waals surface area contributed by atoms with Crippen molar-refractivity contribution in [2.45, 2.75) is 42.5 Å². The van der Waals surface area contributed by atoms with Crippen molar-refractivity contribution in [1.82, 2.24) is 4.90 Å². The summed E-state index contributed by atoms with van der Waals surface area (Å²) in [7, 11) is 0. The molecule has 0 bridgehead atoms. The maximum atomic E-state index is 14.1. The molecule has 142 valence electrons. The fourth-order valence-electron chi connectivity index (χ4n) is 2.76. The average Bonchev–Trinajstić information content (AvgIpc) is 3.46. The Labute approximate surface area is 165 Å². The van der Waals surface area contributed by atoms with Crippen molar-refractivity contribution in [3.05, 3.63) is 69.0 Å². The smallest absolute Gasteiger partial charge is 0.269 e. The van der Waals surface area contributed by atoms with E-state index in [0.29, 0.717) is 10.6 Å². The van der Waals surface area contributed by atoms with Crippen molar-refractivity contribution in [3.63, 3.8) is 0 Å². The normalized spacial score (nSPS) is 14.6. The van der Waals surface area contributed by atoms with E-state index in [1.165, 1.54) is 36.0 Å². The van der Waals surface area contributed by atoms with Gasteiger partial charge in [0.15, 0.2) is 0 Å². The van der Waals surface area contributed by atoms with Crippen molar-refractivity contribution >= 4 is 35.0 Å². The molecule has 2 aromatic rings. The summed E-state index contributed by atoms with van der Waals surface area (Å²) < 4.78 is 14.1. The second kappa shape index (κ2) is 8.27. The molecular weight excluding hydrogens is 391 g/mol. The molecule has 0 aliphatic heterocycles. The number of benzene rings is 2. The minimum Gasteiger partial charge on any atom is -0.334 e. The highest BCUT2D eigenvalue weighted by atomic mass is 35.5. The lowest BCUT2D eigenvalue weighted by Crippen LogP contribution is -2.38. The van der Waals surface area contributed by atoms with Crippen LogP contribution in [0.15, 0.2) is 47.4 Å². The third-order valence-electron chi connectivity index (χ3n) is 4.37. The van der Waals surface area contributed by atoms with Crippen LogP contribution in [0.1, 0.15) is 25.3 Å². The summed E-state index contributed by atoms with van der Waals surface area (Å²) in [5, 5.41) is 10.6. The number of carbonyl (C=O) groups is 1. The first-order valence-electron chi connectivity index (χ1n) is 8.51. The summed E-state index contributed by atoms with van der Waals surface area (Å²) in [6.07, 6.45) is 1.79. The summed E-state index contributed by atoms with van der Waals surface area (Å²) in [6, 6.07) is 10.7. The molecule has 0 N–H and O–H groups in total. The zero-order chi connectivity index (χ0) is 19.6. The van der Waals surface area contributed by atoms with E-state index in [9.17, 15) is 19.3 Å².